The number of aliphatic hydroxyl groups is 1. The van der Waals surface area contributed by atoms with Gasteiger partial charge in [0.15, 0.2) is 0 Å². The predicted octanol–water partition coefficient (Wildman–Crippen LogP) is -0.0439. The number of hydrogen-bond acceptors (Lipinski definition) is 4. The minimum Gasteiger partial charge on any atom is -0.497 e. The van der Waals surface area contributed by atoms with Crippen LogP contribution in [0.25, 0.3) is 0 Å². The number of amides is 1. The molecule has 5 heteroatoms. The van der Waals surface area contributed by atoms with Gasteiger partial charge >= 0.3 is 0 Å². The molecule has 0 aliphatic rings. The Kier molecular flexibility index (Phi) is 5.86. The summed E-state index contributed by atoms with van der Waals surface area (Å²) in [5.41, 5.74) is 6.87. The number of methoxy groups -OCH3 is 1. The summed E-state index contributed by atoms with van der Waals surface area (Å²) >= 11 is 0. The van der Waals surface area contributed by atoms with Gasteiger partial charge < -0.3 is 15.6 Å². The van der Waals surface area contributed by atoms with E-state index in [-0.39, 0.29) is 19.1 Å². The topological polar surface area (TPSA) is 75.8 Å². The lowest BCUT2D eigenvalue weighted by molar-refractivity contribution is -0.118. The summed E-state index contributed by atoms with van der Waals surface area (Å²) in [5.74, 6) is 5.82. The molecule has 0 spiro atoms. The molecule has 1 rings (SSSR count). The molecule has 0 aliphatic carbocycles. The number of primary amides is 1. The van der Waals surface area contributed by atoms with Gasteiger partial charge in [0, 0.05) is 12.1 Å². The minimum absolute atomic E-state index is 0.171. The van der Waals surface area contributed by atoms with Gasteiger partial charge in [0.25, 0.3) is 0 Å². The number of ether oxygens (including phenoxy) is 1. The van der Waals surface area contributed by atoms with Crippen molar-refractivity contribution in [2.75, 3.05) is 27.3 Å². The van der Waals surface area contributed by atoms with E-state index in [4.69, 9.17) is 15.6 Å². The van der Waals surface area contributed by atoms with Crippen LogP contribution in [0.15, 0.2) is 18.2 Å². The molecule has 0 bridgehead atoms. The Morgan fingerprint density at radius 3 is 2.84 bits per heavy atom. The van der Waals surface area contributed by atoms with Gasteiger partial charge in [-0.1, -0.05) is 11.8 Å². The number of benzene rings is 1. The highest BCUT2D eigenvalue weighted by molar-refractivity contribution is 5.75. The largest absolute Gasteiger partial charge is 0.497 e. The van der Waals surface area contributed by atoms with Crippen LogP contribution in [0.4, 0.5) is 0 Å². The summed E-state index contributed by atoms with van der Waals surface area (Å²) in [5, 5.41) is 8.75. The molecule has 0 aromatic heterocycles. The summed E-state index contributed by atoms with van der Waals surface area (Å²) in [6, 6.07) is 5.49. The Balaban J connectivity index is 2.97. The van der Waals surface area contributed by atoms with E-state index in [1.165, 1.54) is 0 Å². The first-order chi connectivity index (χ1) is 9.06. The van der Waals surface area contributed by atoms with Gasteiger partial charge in [-0.05, 0) is 30.8 Å². The molecule has 0 saturated carbocycles. The molecular weight excluding hydrogens is 244 g/mol. The standard InChI is InChI=1S/C14H18N2O3/c1-16(10-14(15)18)9-12-8-13(19-2)6-5-11(12)4-3-7-17/h5-6,8,17H,7,9-10H2,1-2H3,(H2,15,18). The third-order valence-electron chi connectivity index (χ3n) is 2.48. The van der Waals surface area contributed by atoms with E-state index in [1.54, 1.807) is 25.1 Å². The lowest BCUT2D eigenvalue weighted by Crippen LogP contribution is -2.30. The molecule has 0 saturated heterocycles. The number of carbonyl (C=O) groups excluding carboxylic acids is 1. The normalized spacial score (nSPS) is 9.89. The zero-order valence-electron chi connectivity index (χ0n) is 11.1. The van der Waals surface area contributed by atoms with Crippen molar-refractivity contribution in [3.63, 3.8) is 0 Å². The maximum absolute atomic E-state index is 10.9. The fourth-order valence-electron chi connectivity index (χ4n) is 1.70. The molecule has 102 valence electrons. The fourth-order valence-corrected chi connectivity index (χ4v) is 1.70. The van der Waals surface area contributed by atoms with Gasteiger partial charge in [0.05, 0.1) is 13.7 Å². The molecule has 0 fully saturated rings. The second-order valence-corrected chi connectivity index (χ2v) is 4.12. The van der Waals surface area contributed by atoms with Crippen LogP contribution in [0.5, 0.6) is 5.75 Å². The zero-order chi connectivity index (χ0) is 14.3. The van der Waals surface area contributed by atoms with Gasteiger partial charge in [0.2, 0.25) is 5.91 Å². The van der Waals surface area contributed by atoms with Crippen LogP contribution in [0.3, 0.4) is 0 Å². The number of carbonyl (C=O) groups is 1. The van der Waals surface area contributed by atoms with Crippen molar-refractivity contribution in [2.24, 2.45) is 5.73 Å². The van der Waals surface area contributed by atoms with Crippen LogP contribution < -0.4 is 10.5 Å². The van der Waals surface area contributed by atoms with E-state index < -0.39 is 0 Å². The van der Waals surface area contributed by atoms with Crippen molar-refractivity contribution in [1.29, 1.82) is 0 Å². The van der Waals surface area contributed by atoms with E-state index in [1.807, 2.05) is 12.1 Å². The number of hydrogen-bond donors (Lipinski definition) is 2. The molecule has 1 aromatic rings. The molecular formula is C14H18N2O3. The first-order valence-electron chi connectivity index (χ1n) is 5.80. The molecule has 0 radical (unpaired) electrons. The maximum atomic E-state index is 10.9. The average molecular weight is 262 g/mol. The van der Waals surface area contributed by atoms with Crippen molar-refractivity contribution >= 4 is 5.91 Å². The molecule has 0 aliphatic heterocycles. The molecule has 0 unspecified atom stereocenters. The first-order valence-corrected chi connectivity index (χ1v) is 5.80. The highest BCUT2D eigenvalue weighted by atomic mass is 16.5. The number of aliphatic hydroxyl groups excluding tert-OH is 1. The summed E-state index contributed by atoms with van der Waals surface area (Å²) in [6.07, 6.45) is 0. The zero-order valence-corrected chi connectivity index (χ0v) is 11.1. The van der Waals surface area contributed by atoms with Crippen LogP contribution in [-0.2, 0) is 11.3 Å². The minimum atomic E-state index is -0.381. The van der Waals surface area contributed by atoms with Crippen LogP contribution in [-0.4, -0.2) is 43.2 Å². The Hall–Kier alpha value is -2.03. The Morgan fingerprint density at radius 1 is 1.53 bits per heavy atom. The summed E-state index contributed by atoms with van der Waals surface area (Å²) < 4.78 is 5.17. The molecule has 0 atom stereocenters. The Bertz CT molecular complexity index is 503. The van der Waals surface area contributed by atoms with Gasteiger partial charge in [-0.15, -0.1) is 0 Å². The SMILES string of the molecule is COc1ccc(C#CCO)c(CN(C)CC(N)=O)c1. The van der Waals surface area contributed by atoms with Crippen molar-refractivity contribution in [3.8, 4) is 17.6 Å². The molecule has 1 aromatic carbocycles. The van der Waals surface area contributed by atoms with E-state index in [2.05, 4.69) is 11.8 Å². The van der Waals surface area contributed by atoms with Crippen molar-refractivity contribution in [1.82, 2.24) is 4.90 Å². The smallest absolute Gasteiger partial charge is 0.231 e. The van der Waals surface area contributed by atoms with Crippen molar-refractivity contribution in [2.45, 2.75) is 6.54 Å². The Morgan fingerprint density at radius 2 is 2.26 bits per heavy atom. The van der Waals surface area contributed by atoms with Crippen LogP contribution >= 0.6 is 0 Å². The molecule has 0 heterocycles. The van der Waals surface area contributed by atoms with Crippen molar-refractivity contribution < 1.29 is 14.6 Å². The predicted molar refractivity (Wildman–Crippen MR) is 72.5 cm³/mol. The van der Waals surface area contributed by atoms with Gasteiger partial charge in [-0.25, -0.2) is 0 Å². The maximum Gasteiger partial charge on any atom is 0.231 e. The van der Waals surface area contributed by atoms with E-state index >= 15 is 0 Å². The van der Waals surface area contributed by atoms with Crippen LogP contribution in [0, 0.1) is 11.8 Å². The molecule has 3 N–H and O–H groups in total. The average Bonchev–Trinajstić information content (AvgIpc) is 2.36. The van der Waals surface area contributed by atoms with E-state index in [0.717, 1.165) is 16.9 Å². The summed E-state index contributed by atoms with van der Waals surface area (Å²) in [7, 11) is 3.39. The van der Waals surface area contributed by atoms with Crippen LogP contribution in [0.2, 0.25) is 0 Å². The second-order valence-electron chi connectivity index (χ2n) is 4.12. The quantitative estimate of drug-likeness (QED) is 0.730. The summed E-state index contributed by atoms with van der Waals surface area (Å²) in [6.45, 7) is 0.502. The third-order valence-corrected chi connectivity index (χ3v) is 2.48. The third kappa shape index (κ3) is 5.00. The van der Waals surface area contributed by atoms with Gasteiger partial charge in [0.1, 0.15) is 12.4 Å². The van der Waals surface area contributed by atoms with E-state index in [9.17, 15) is 4.79 Å². The monoisotopic (exact) mass is 262 g/mol. The Labute approximate surface area is 113 Å². The van der Waals surface area contributed by atoms with Crippen molar-refractivity contribution in [3.05, 3.63) is 29.3 Å². The van der Waals surface area contributed by atoms with E-state index in [0.29, 0.717) is 6.54 Å². The molecule has 1 amide bonds. The lowest BCUT2D eigenvalue weighted by atomic mass is 10.1. The molecule has 5 nitrogen and oxygen atoms in total. The number of nitrogens with two attached hydrogens (primary N) is 1. The highest BCUT2D eigenvalue weighted by Gasteiger charge is 2.08. The van der Waals surface area contributed by atoms with Crippen LogP contribution in [0.1, 0.15) is 11.1 Å². The molecule has 19 heavy (non-hydrogen) atoms. The second kappa shape index (κ2) is 7.41. The van der Waals surface area contributed by atoms with Gasteiger partial charge in [-0.3, -0.25) is 9.69 Å². The van der Waals surface area contributed by atoms with Gasteiger partial charge in [-0.2, -0.15) is 0 Å². The number of nitrogens with zero attached hydrogens (tertiary/aromatic N) is 1. The number of rotatable bonds is 5. The lowest BCUT2D eigenvalue weighted by Gasteiger charge is -2.16. The highest BCUT2D eigenvalue weighted by Crippen LogP contribution is 2.18. The fraction of sp³-hybridized carbons (Fsp3) is 0.357. The first kappa shape index (κ1) is 15.0. The number of likely N-dealkylation sites (N-methyl/N-ethyl adjacent to an activating group) is 1. The summed E-state index contributed by atoms with van der Waals surface area (Å²) in [4.78, 5) is 12.7.